The zero-order chi connectivity index (χ0) is 22.8. The van der Waals surface area contributed by atoms with Crippen LogP contribution >= 0.6 is 28.1 Å². The van der Waals surface area contributed by atoms with Crippen molar-refractivity contribution in [1.29, 1.82) is 0 Å². The van der Waals surface area contributed by atoms with Crippen molar-refractivity contribution in [3.8, 4) is 5.69 Å². The van der Waals surface area contributed by atoms with Crippen molar-refractivity contribution < 1.29 is 9.53 Å². The maximum Gasteiger partial charge on any atom is 0.307 e. The minimum atomic E-state index is -0.256. The Labute approximate surface area is 201 Å². The molecule has 1 aromatic carbocycles. The van der Waals surface area contributed by atoms with Crippen LogP contribution in [-0.4, -0.2) is 39.2 Å². The van der Waals surface area contributed by atoms with Crippen molar-refractivity contribution in [2.75, 3.05) is 13.7 Å². The van der Waals surface area contributed by atoms with Gasteiger partial charge < -0.3 is 19.5 Å². The number of aromatic nitrogens is 2. The van der Waals surface area contributed by atoms with Gasteiger partial charge in [-0.25, -0.2) is 0 Å². The molecule has 8 heteroatoms. The zero-order valence-corrected chi connectivity index (χ0v) is 20.6. The molecule has 1 N–H and O–H groups in total. The molecule has 3 aromatic rings. The lowest BCUT2D eigenvalue weighted by molar-refractivity contribution is -0.140. The summed E-state index contributed by atoms with van der Waals surface area (Å²) in [5.41, 5.74) is 5.42. The summed E-state index contributed by atoms with van der Waals surface area (Å²) in [5, 5.41) is 4.05. The first-order valence-electron chi connectivity index (χ1n) is 10.4. The predicted octanol–water partition coefficient (Wildman–Crippen LogP) is 4.79. The van der Waals surface area contributed by atoms with E-state index in [9.17, 15) is 4.79 Å². The van der Waals surface area contributed by atoms with E-state index in [4.69, 9.17) is 17.0 Å². The molecule has 1 saturated heterocycles. The van der Waals surface area contributed by atoms with E-state index in [1.165, 1.54) is 7.11 Å². The van der Waals surface area contributed by atoms with Gasteiger partial charge in [-0.05, 0) is 74.1 Å². The first-order chi connectivity index (χ1) is 15.4. The van der Waals surface area contributed by atoms with Crippen LogP contribution in [0.15, 0.2) is 59.2 Å². The fourth-order valence-electron chi connectivity index (χ4n) is 4.37. The number of ether oxygens (including phenoxy) is 1. The second-order valence-electron chi connectivity index (χ2n) is 7.78. The van der Waals surface area contributed by atoms with Gasteiger partial charge >= 0.3 is 5.97 Å². The molecule has 4 rings (SSSR count). The average Bonchev–Trinajstić information content (AvgIpc) is 3.28. The van der Waals surface area contributed by atoms with Gasteiger partial charge in [-0.2, -0.15) is 0 Å². The summed E-state index contributed by atoms with van der Waals surface area (Å²) in [4.78, 5) is 18.5. The number of aryl methyl sites for hydroxylation is 1. The molecule has 32 heavy (non-hydrogen) atoms. The molecule has 0 radical (unpaired) electrons. The maximum absolute atomic E-state index is 11.9. The van der Waals surface area contributed by atoms with Crippen LogP contribution in [0.4, 0.5) is 0 Å². The van der Waals surface area contributed by atoms with Gasteiger partial charge in [0.1, 0.15) is 0 Å². The Morgan fingerprint density at radius 1 is 1.22 bits per heavy atom. The minimum absolute atomic E-state index is 0.0996. The van der Waals surface area contributed by atoms with E-state index in [0.29, 0.717) is 11.7 Å². The number of pyridine rings is 1. The Kier molecular flexibility index (Phi) is 6.62. The van der Waals surface area contributed by atoms with Crippen LogP contribution in [0.5, 0.6) is 0 Å². The molecule has 1 aliphatic rings. The van der Waals surface area contributed by atoms with E-state index in [2.05, 4.69) is 67.7 Å². The highest BCUT2D eigenvalue weighted by atomic mass is 79.9. The lowest BCUT2D eigenvalue weighted by atomic mass is 9.96. The number of nitrogens with zero attached hydrogens (tertiary/aromatic N) is 3. The standard InChI is InChI=1S/C24H25BrN4O2S/c1-15-14-19(16(2)29(15)18-9-7-17(25)8-10-18)23-22(20-6-4-5-12-26-20)27-24(32)28(23)13-11-21(30)31-3/h4-10,12,14,22-23H,11,13H2,1-3H3,(H,27,32). The first-order valence-corrected chi connectivity index (χ1v) is 11.6. The molecule has 166 valence electrons. The number of benzene rings is 1. The number of thiocarbonyl (C=S) groups is 1. The zero-order valence-electron chi connectivity index (χ0n) is 18.2. The van der Waals surface area contributed by atoms with Crippen LogP contribution in [0.3, 0.4) is 0 Å². The highest BCUT2D eigenvalue weighted by molar-refractivity contribution is 9.10. The molecular formula is C24H25BrN4O2S. The van der Waals surface area contributed by atoms with Gasteiger partial charge in [-0.1, -0.05) is 22.0 Å². The lowest BCUT2D eigenvalue weighted by Gasteiger charge is -2.28. The number of methoxy groups -OCH3 is 1. The van der Waals surface area contributed by atoms with E-state index < -0.39 is 0 Å². The van der Waals surface area contributed by atoms with E-state index in [1.807, 2.05) is 30.3 Å². The summed E-state index contributed by atoms with van der Waals surface area (Å²) in [7, 11) is 1.41. The van der Waals surface area contributed by atoms with Gasteiger partial charge in [0.2, 0.25) is 0 Å². The van der Waals surface area contributed by atoms with Crippen molar-refractivity contribution in [3.05, 3.63) is 81.8 Å². The quantitative estimate of drug-likeness (QED) is 0.378. The summed E-state index contributed by atoms with van der Waals surface area (Å²) in [6, 6.07) is 16.1. The number of hydrogen-bond acceptors (Lipinski definition) is 4. The van der Waals surface area contributed by atoms with Gasteiger partial charge in [-0.15, -0.1) is 0 Å². The molecule has 3 heterocycles. The Hall–Kier alpha value is -2.71. The fourth-order valence-corrected chi connectivity index (χ4v) is 4.97. The molecule has 1 aliphatic heterocycles. The summed E-state index contributed by atoms with van der Waals surface area (Å²) in [6.45, 7) is 4.70. The topological polar surface area (TPSA) is 59.4 Å². The van der Waals surface area contributed by atoms with E-state index in [-0.39, 0.29) is 24.5 Å². The Morgan fingerprint density at radius 3 is 2.62 bits per heavy atom. The molecule has 0 amide bonds. The van der Waals surface area contributed by atoms with Gasteiger partial charge in [-0.3, -0.25) is 9.78 Å². The predicted molar refractivity (Wildman–Crippen MR) is 132 cm³/mol. The van der Waals surface area contributed by atoms with E-state index in [0.717, 1.165) is 32.8 Å². The number of rotatable bonds is 6. The highest BCUT2D eigenvalue weighted by Crippen LogP contribution is 2.41. The molecular weight excluding hydrogens is 488 g/mol. The summed E-state index contributed by atoms with van der Waals surface area (Å²) >= 11 is 9.21. The molecule has 0 spiro atoms. The van der Waals surface area contributed by atoms with Gasteiger partial charge in [0.25, 0.3) is 0 Å². The Balaban J connectivity index is 1.78. The Morgan fingerprint density at radius 2 is 1.97 bits per heavy atom. The number of carbonyl (C=O) groups excluding carboxylic acids is 1. The number of hydrogen-bond donors (Lipinski definition) is 1. The summed E-state index contributed by atoms with van der Waals surface area (Å²) in [5.74, 6) is -0.256. The average molecular weight is 513 g/mol. The minimum Gasteiger partial charge on any atom is -0.469 e. The van der Waals surface area contributed by atoms with Crippen LogP contribution < -0.4 is 5.32 Å². The largest absolute Gasteiger partial charge is 0.469 e. The van der Waals surface area contributed by atoms with Crippen molar-refractivity contribution in [2.24, 2.45) is 0 Å². The van der Waals surface area contributed by atoms with Gasteiger partial charge in [0.15, 0.2) is 5.11 Å². The molecule has 1 fully saturated rings. The number of halogens is 1. The van der Waals surface area contributed by atoms with E-state index in [1.54, 1.807) is 6.20 Å². The molecule has 0 saturated carbocycles. The summed E-state index contributed by atoms with van der Waals surface area (Å²) in [6.07, 6.45) is 2.05. The summed E-state index contributed by atoms with van der Waals surface area (Å²) < 4.78 is 8.15. The first kappa shape index (κ1) is 22.5. The van der Waals surface area contributed by atoms with Gasteiger partial charge in [0.05, 0.1) is 31.3 Å². The fraction of sp³-hybridized carbons (Fsp3) is 0.292. The highest BCUT2D eigenvalue weighted by Gasteiger charge is 2.41. The molecule has 2 unspecified atom stereocenters. The second-order valence-corrected chi connectivity index (χ2v) is 9.09. The van der Waals surface area contributed by atoms with E-state index >= 15 is 0 Å². The van der Waals surface area contributed by atoms with Crippen LogP contribution in [0.1, 0.15) is 41.1 Å². The van der Waals surface area contributed by atoms with Crippen molar-refractivity contribution >= 4 is 39.2 Å². The Bertz CT molecular complexity index is 1130. The van der Waals surface area contributed by atoms with Crippen LogP contribution in [0, 0.1) is 13.8 Å². The van der Waals surface area contributed by atoms with Crippen molar-refractivity contribution in [1.82, 2.24) is 19.8 Å². The molecule has 6 nitrogen and oxygen atoms in total. The number of nitrogens with one attached hydrogen (secondary N) is 1. The lowest BCUT2D eigenvalue weighted by Crippen LogP contribution is -2.32. The normalized spacial score (nSPS) is 18.0. The number of carbonyl (C=O) groups is 1. The molecule has 2 atom stereocenters. The van der Waals surface area contributed by atoms with Crippen molar-refractivity contribution in [3.63, 3.8) is 0 Å². The van der Waals surface area contributed by atoms with Crippen LogP contribution in [0.2, 0.25) is 0 Å². The van der Waals surface area contributed by atoms with Crippen molar-refractivity contribution in [2.45, 2.75) is 32.4 Å². The third-order valence-corrected chi connectivity index (χ3v) is 6.74. The molecule has 0 aliphatic carbocycles. The molecule has 2 aromatic heterocycles. The number of esters is 1. The smallest absolute Gasteiger partial charge is 0.307 e. The second kappa shape index (κ2) is 9.42. The molecule has 0 bridgehead atoms. The monoisotopic (exact) mass is 512 g/mol. The SMILES string of the molecule is COC(=O)CCN1C(=S)NC(c2ccccn2)C1c1cc(C)n(-c2ccc(Br)cc2)c1C. The van der Waals surface area contributed by atoms with Gasteiger partial charge in [0, 0.05) is 34.3 Å². The third kappa shape index (κ3) is 4.29. The van der Waals surface area contributed by atoms with Crippen LogP contribution in [0.25, 0.3) is 5.69 Å². The maximum atomic E-state index is 11.9. The van der Waals surface area contributed by atoms with Crippen LogP contribution in [-0.2, 0) is 9.53 Å². The third-order valence-electron chi connectivity index (χ3n) is 5.86.